The zero-order chi connectivity index (χ0) is 12.5. The highest BCUT2D eigenvalue weighted by Crippen LogP contribution is 2.29. The molecular formula is C10H15BrN2O2S2. The number of piperidine rings is 1. The first-order valence-corrected chi connectivity index (χ1v) is 8.56. The van der Waals surface area contributed by atoms with Crippen molar-refractivity contribution in [2.75, 3.05) is 13.1 Å². The smallest absolute Gasteiger partial charge is 0.251 e. The third-order valence-electron chi connectivity index (χ3n) is 2.92. The number of hydrogen-bond donors (Lipinski definition) is 2. The predicted molar refractivity (Wildman–Crippen MR) is 72.8 cm³/mol. The van der Waals surface area contributed by atoms with Gasteiger partial charge in [0.1, 0.15) is 4.21 Å². The van der Waals surface area contributed by atoms with Crippen LogP contribution in [0.5, 0.6) is 0 Å². The van der Waals surface area contributed by atoms with E-state index >= 15 is 0 Å². The normalized spacial score (nSPS) is 20.4. The summed E-state index contributed by atoms with van der Waals surface area (Å²) < 4.78 is 28.3. The second-order valence-corrected chi connectivity index (χ2v) is 8.12. The van der Waals surface area contributed by atoms with Crippen LogP contribution in [0.15, 0.2) is 20.1 Å². The molecule has 2 heterocycles. The van der Waals surface area contributed by atoms with Crippen molar-refractivity contribution in [1.82, 2.24) is 10.0 Å². The van der Waals surface area contributed by atoms with Gasteiger partial charge in [0.25, 0.3) is 10.0 Å². The Morgan fingerprint density at radius 2 is 2.12 bits per heavy atom. The standard InChI is InChI=1S/C10H15BrN2O2S2/c1-10(3-5-12-6-4-10)13-17(14,15)9-8(11)2-7-16-9/h2,7,12-13H,3-6H2,1H3. The molecule has 1 aromatic rings. The van der Waals surface area contributed by atoms with E-state index in [1.165, 1.54) is 11.3 Å². The lowest BCUT2D eigenvalue weighted by atomic mass is 9.92. The van der Waals surface area contributed by atoms with Crippen LogP contribution in [0.25, 0.3) is 0 Å². The highest BCUT2D eigenvalue weighted by atomic mass is 79.9. The molecule has 0 amide bonds. The zero-order valence-corrected chi connectivity index (χ0v) is 12.7. The van der Waals surface area contributed by atoms with Gasteiger partial charge in [-0.3, -0.25) is 0 Å². The largest absolute Gasteiger partial charge is 0.317 e. The zero-order valence-electron chi connectivity index (χ0n) is 9.49. The fraction of sp³-hybridized carbons (Fsp3) is 0.600. The van der Waals surface area contributed by atoms with Gasteiger partial charge in [-0.2, -0.15) is 0 Å². The molecule has 0 aliphatic carbocycles. The third kappa shape index (κ3) is 3.08. The average molecular weight is 339 g/mol. The molecule has 1 aliphatic rings. The van der Waals surface area contributed by atoms with Gasteiger partial charge in [0.05, 0.1) is 0 Å². The maximum atomic E-state index is 12.2. The summed E-state index contributed by atoms with van der Waals surface area (Å²) in [6, 6.07) is 1.75. The molecule has 2 N–H and O–H groups in total. The molecule has 4 nitrogen and oxygen atoms in total. The summed E-state index contributed by atoms with van der Waals surface area (Å²) in [6.07, 6.45) is 1.63. The van der Waals surface area contributed by atoms with Crippen molar-refractivity contribution in [2.45, 2.75) is 29.5 Å². The molecule has 0 bridgehead atoms. The van der Waals surface area contributed by atoms with Gasteiger partial charge in [0.2, 0.25) is 0 Å². The van der Waals surface area contributed by atoms with E-state index in [9.17, 15) is 8.42 Å². The Kier molecular flexibility index (Phi) is 3.94. The quantitative estimate of drug-likeness (QED) is 0.885. The van der Waals surface area contributed by atoms with Gasteiger partial charge in [-0.25, -0.2) is 13.1 Å². The molecule has 17 heavy (non-hydrogen) atoms. The van der Waals surface area contributed by atoms with Crippen LogP contribution in [0.4, 0.5) is 0 Å². The molecule has 1 saturated heterocycles. The molecule has 96 valence electrons. The van der Waals surface area contributed by atoms with E-state index in [-0.39, 0.29) is 5.54 Å². The Morgan fingerprint density at radius 1 is 1.47 bits per heavy atom. The van der Waals surface area contributed by atoms with Gasteiger partial charge >= 0.3 is 0 Å². The second kappa shape index (κ2) is 4.97. The molecule has 1 fully saturated rings. The van der Waals surface area contributed by atoms with E-state index in [0.717, 1.165) is 25.9 Å². The van der Waals surface area contributed by atoms with Crippen molar-refractivity contribution in [1.29, 1.82) is 0 Å². The molecule has 1 aliphatic heterocycles. The van der Waals surface area contributed by atoms with Gasteiger partial charge in [-0.1, -0.05) is 0 Å². The number of hydrogen-bond acceptors (Lipinski definition) is 4. The van der Waals surface area contributed by atoms with E-state index in [1.807, 2.05) is 6.92 Å². The summed E-state index contributed by atoms with van der Waals surface area (Å²) in [7, 11) is -3.41. The minimum Gasteiger partial charge on any atom is -0.317 e. The molecule has 0 aromatic carbocycles. The van der Waals surface area contributed by atoms with Crippen molar-refractivity contribution >= 4 is 37.3 Å². The fourth-order valence-corrected chi connectivity index (χ4v) is 5.73. The predicted octanol–water partition coefficient (Wildman–Crippen LogP) is 1.93. The van der Waals surface area contributed by atoms with Crippen LogP contribution in [0.3, 0.4) is 0 Å². The molecule has 7 heteroatoms. The van der Waals surface area contributed by atoms with E-state index < -0.39 is 10.0 Å². The van der Waals surface area contributed by atoms with Crippen LogP contribution in [0.1, 0.15) is 19.8 Å². The van der Waals surface area contributed by atoms with Gasteiger partial charge in [0.15, 0.2) is 0 Å². The Balaban J connectivity index is 2.20. The number of thiophene rings is 1. The van der Waals surface area contributed by atoms with Crippen LogP contribution in [-0.4, -0.2) is 27.0 Å². The van der Waals surface area contributed by atoms with E-state index in [4.69, 9.17) is 0 Å². The van der Waals surface area contributed by atoms with Crippen molar-refractivity contribution in [3.8, 4) is 0 Å². The lowest BCUT2D eigenvalue weighted by molar-refractivity contribution is 0.308. The summed E-state index contributed by atoms with van der Waals surface area (Å²) in [4.78, 5) is 0. The van der Waals surface area contributed by atoms with Crippen LogP contribution < -0.4 is 10.0 Å². The first-order chi connectivity index (χ1) is 7.93. The van der Waals surface area contributed by atoms with Crippen molar-refractivity contribution in [2.24, 2.45) is 0 Å². The van der Waals surface area contributed by atoms with Crippen molar-refractivity contribution in [3.63, 3.8) is 0 Å². The topological polar surface area (TPSA) is 58.2 Å². The lowest BCUT2D eigenvalue weighted by Gasteiger charge is -2.34. The molecule has 0 radical (unpaired) electrons. The average Bonchev–Trinajstić information content (AvgIpc) is 2.64. The fourth-order valence-electron chi connectivity index (χ4n) is 1.92. The molecule has 0 atom stereocenters. The Labute approximate surface area is 114 Å². The van der Waals surface area contributed by atoms with Gasteiger partial charge in [-0.15, -0.1) is 11.3 Å². The first kappa shape index (κ1) is 13.5. The lowest BCUT2D eigenvalue weighted by Crippen LogP contribution is -2.52. The van der Waals surface area contributed by atoms with Crippen molar-refractivity contribution in [3.05, 3.63) is 15.9 Å². The van der Waals surface area contributed by atoms with E-state index in [0.29, 0.717) is 8.68 Å². The minimum atomic E-state index is -3.41. The molecule has 2 rings (SSSR count). The van der Waals surface area contributed by atoms with E-state index in [1.54, 1.807) is 11.4 Å². The van der Waals surface area contributed by atoms with Gasteiger partial charge in [-0.05, 0) is 60.2 Å². The van der Waals surface area contributed by atoms with Crippen LogP contribution in [-0.2, 0) is 10.0 Å². The van der Waals surface area contributed by atoms with Crippen LogP contribution >= 0.6 is 27.3 Å². The maximum Gasteiger partial charge on any atom is 0.251 e. The number of sulfonamides is 1. The summed E-state index contributed by atoms with van der Waals surface area (Å²) in [5.74, 6) is 0. The highest BCUT2D eigenvalue weighted by Gasteiger charge is 2.33. The summed E-state index contributed by atoms with van der Waals surface area (Å²) in [5.41, 5.74) is -0.340. The molecule has 0 saturated carbocycles. The monoisotopic (exact) mass is 338 g/mol. The van der Waals surface area contributed by atoms with E-state index in [2.05, 4.69) is 26.0 Å². The van der Waals surface area contributed by atoms with Gasteiger partial charge < -0.3 is 5.32 Å². The molecule has 0 unspecified atom stereocenters. The first-order valence-electron chi connectivity index (χ1n) is 5.41. The highest BCUT2D eigenvalue weighted by molar-refractivity contribution is 9.10. The van der Waals surface area contributed by atoms with Crippen molar-refractivity contribution < 1.29 is 8.42 Å². The number of rotatable bonds is 3. The summed E-state index contributed by atoms with van der Waals surface area (Å²) in [5, 5.41) is 5.00. The SMILES string of the molecule is CC1(NS(=O)(=O)c2sccc2Br)CCNCC1. The summed E-state index contributed by atoms with van der Waals surface area (Å²) in [6.45, 7) is 3.67. The number of nitrogens with one attached hydrogen (secondary N) is 2. The number of halogens is 1. The molecule has 1 aromatic heterocycles. The molecular weight excluding hydrogens is 324 g/mol. The third-order valence-corrected chi connectivity index (χ3v) is 7.22. The minimum absolute atomic E-state index is 0.340. The molecule has 0 spiro atoms. The maximum absolute atomic E-state index is 12.2. The second-order valence-electron chi connectivity index (χ2n) is 4.47. The van der Waals surface area contributed by atoms with Gasteiger partial charge in [0, 0.05) is 10.0 Å². The Bertz CT molecular complexity index is 492. The van der Waals surface area contributed by atoms with Crippen LogP contribution in [0.2, 0.25) is 0 Å². The van der Waals surface area contributed by atoms with Crippen LogP contribution in [0, 0.1) is 0 Å². The summed E-state index contributed by atoms with van der Waals surface area (Å²) >= 11 is 4.49. The Morgan fingerprint density at radius 3 is 2.65 bits per heavy atom. The Hall–Kier alpha value is 0.0500.